The van der Waals surface area contributed by atoms with Crippen molar-refractivity contribution < 1.29 is 14.5 Å². The molecule has 0 aliphatic rings. The van der Waals surface area contributed by atoms with Crippen LogP contribution in [0.1, 0.15) is 46.5 Å². The molecule has 0 saturated carbocycles. The highest BCUT2D eigenvalue weighted by molar-refractivity contribution is 6.09. The Balaban J connectivity index is 2.26. The monoisotopic (exact) mass is 355 g/mol. The fourth-order valence-corrected chi connectivity index (χ4v) is 2.34. The van der Waals surface area contributed by atoms with E-state index in [9.17, 15) is 19.7 Å². The first-order valence-electron chi connectivity index (χ1n) is 8.29. The number of aryl methyl sites for hydroxylation is 1. The lowest BCUT2D eigenvalue weighted by Crippen LogP contribution is -2.32. The minimum atomic E-state index is -0.528. The Hall–Kier alpha value is -3.22. The summed E-state index contributed by atoms with van der Waals surface area (Å²) in [4.78, 5) is 35.4. The van der Waals surface area contributed by atoms with E-state index in [1.54, 1.807) is 31.2 Å². The molecule has 2 rings (SSSR count). The molecule has 0 radical (unpaired) electrons. The molecule has 0 bridgehead atoms. The number of nitro groups is 1. The standard InChI is InChI=1S/C19H21N3O4/c1-4-13(3)20-19(24)15-7-5-6-8-16(15)21-18(23)14-10-9-12(2)17(11-14)22(25)26/h5-11,13H,4H2,1-3H3,(H,20,24)(H,21,23). The second-order valence-corrected chi connectivity index (χ2v) is 6.04. The zero-order valence-electron chi connectivity index (χ0n) is 14.9. The zero-order chi connectivity index (χ0) is 19.3. The summed E-state index contributed by atoms with van der Waals surface area (Å²) in [6.45, 7) is 5.46. The van der Waals surface area contributed by atoms with Crippen molar-refractivity contribution in [3.8, 4) is 0 Å². The maximum absolute atomic E-state index is 12.5. The molecule has 136 valence electrons. The second-order valence-electron chi connectivity index (χ2n) is 6.04. The zero-order valence-corrected chi connectivity index (χ0v) is 14.9. The third kappa shape index (κ3) is 4.44. The molecule has 0 aliphatic carbocycles. The summed E-state index contributed by atoms with van der Waals surface area (Å²) in [6, 6.07) is 10.9. The second kappa shape index (κ2) is 8.24. The van der Waals surface area contributed by atoms with Gasteiger partial charge in [0.05, 0.1) is 16.2 Å². The molecule has 7 heteroatoms. The average Bonchev–Trinajstić information content (AvgIpc) is 2.61. The van der Waals surface area contributed by atoms with Gasteiger partial charge in [0, 0.05) is 23.2 Å². The van der Waals surface area contributed by atoms with E-state index in [-0.39, 0.29) is 23.2 Å². The molecular formula is C19H21N3O4. The van der Waals surface area contributed by atoms with E-state index in [2.05, 4.69) is 10.6 Å². The molecule has 2 amide bonds. The van der Waals surface area contributed by atoms with Crippen LogP contribution in [0.25, 0.3) is 0 Å². The predicted octanol–water partition coefficient (Wildman–Crippen LogP) is 3.68. The number of carbonyl (C=O) groups is 2. The van der Waals surface area contributed by atoms with E-state index in [0.29, 0.717) is 16.8 Å². The predicted molar refractivity (Wildman–Crippen MR) is 99.4 cm³/mol. The molecule has 0 saturated heterocycles. The summed E-state index contributed by atoms with van der Waals surface area (Å²) in [5.74, 6) is -0.804. The van der Waals surface area contributed by atoms with Crippen molar-refractivity contribution in [2.24, 2.45) is 0 Å². The van der Waals surface area contributed by atoms with Crippen LogP contribution in [0.15, 0.2) is 42.5 Å². The lowest BCUT2D eigenvalue weighted by Gasteiger charge is -2.14. The molecular weight excluding hydrogens is 334 g/mol. The highest BCUT2D eigenvalue weighted by Crippen LogP contribution is 2.21. The fourth-order valence-electron chi connectivity index (χ4n) is 2.34. The van der Waals surface area contributed by atoms with Gasteiger partial charge in [-0.05, 0) is 38.5 Å². The Morgan fingerprint density at radius 2 is 1.85 bits per heavy atom. The lowest BCUT2D eigenvalue weighted by atomic mass is 10.1. The number of para-hydroxylation sites is 1. The van der Waals surface area contributed by atoms with Gasteiger partial charge in [0.2, 0.25) is 0 Å². The van der Waals surface area contributed by atoms with Crippen LogP contribution in [0, 0.1) is 17.0 Å². The highest BCUT2D eigenvalue weighted by Gasteiger charge is 2.18. The van der Waals surface area contributed by atoms with Crippen molar-refractivity contribution in [2.45, 2.75) is 33.2 Å². The first-order chi connectivity index (χ1) is 12.3. The topological polar surface area (TPSA) is 101 Å². The molecule has 0 fully saturated rings. The van der Waals surface area contributed by atoms with E-state index in [0.717, 1.165) is 6.42 Å². The first-order valence-corrected chi connectivity index (χ1v) is 8.29. The van der Waals surface area contributed by atoms with Crippen molar-refractivity contribution in [3.63, 3.8) is 0 Å². The van der Waals surface area contributed by atoms with Gasteiger partial charge < -0.3 is 10.6 Å². The van der Waals surface area contributed by atoms with E-state index in [1.807, 2.05) is 13.8 Å². The molecule has 1 unspecified atom stereocenters. The number of hydrogen-bond acceptors (Lipinski definition) is 4. The Labute approximate surface area is 151 Å². The van der Waals surface area contributed by atoms with Crippen molar-refractivity contribution in [1.29, 1.82) is 0 Å². The fraction of sp³-hybridized carbons (Fsp3) is 0.263. The smallest absolute Gasteiger partial charge is 0.273 e. The Morgan fingerprint density at radius 3 is 2.50 bits per heavy atom. The Kier molecular flexibility index (Phi) is 6.06. The van der Waals surface area contributed by atoms with Crippen molar-refractivity contribution in [3.05, 3.63) is 69.3 Å². The minimum absolute atomic E-state index is 0.00556. The van der Waals surface area contributed by atoms with Gasteiger partial charge in [-0.25, -0.2) is 0 Å². The molecule has 0 heterocycles. The molecule has 0 spiro atoms. The van der Waals surface area contributed by atoms with Crippen LogP contribution < -0.4 is 10.6 Å². The number of rotatable bonds is 6. The SMILES string of the molecule is CCC(C)NC(=O)c1ccccc1NC(=O)c1ccc(C)c([N+](=O)[O-])c1. The Morgan fingerprint density at radius 1 is 1.15 bits per heavy atom. The maximum atomic E-state index is 12.5. The number of amides is 2. The number of nitro benzene ring substituents is 1. The molecule has 2 N–H and O–H groups in total. The van der Waals surface area contributed by atoms with Gasteiger partial charge in [0.25, 0.3) is 17.5 Å². The van der Waals surface area contributed by atoms with Crippen LogP contribution in [-0.4, -0.2) is 22.8 Å². The van der Waals surface area contributed by atoms with Crippen LogP contribution in [0.3, 0.4) is 0 Å². The number of carbonyl (C=O) groups excluding carboxylic acids is 2. The van der Waals surface area contributed by atoms with Gasteiger partial charge >= 0.3 is 0 Å². The van der Waals surface area contributed by atoms with Gasteiger partial charge in [-0.3, -0.25) is 19.7 Å². The van der Waals surface area contributed by atoms with Crippen LogP contribution in [0.4, 0.5) is 11.4 Å². The van der Waals surface area contributed by atoms with Gasteiger partial charge in [-0.1, -0.05) is 25.1 Å². The van der Waals surface area contributed by atoms with Gasteiger partial charge in [-0.15, -0.1) is 0 Å². The third-order valence-electron chi connectivity index (χ3n) is 4.08. The number of anilines is 1. The molecule has 2 aromatic carbocycles. The lowest BCUT2D eigenvalue weighted by molar-refractivity contribution is -0.385. The summed E-state index contributed by atoms with van der Waals surface area (Å²) in [7, 11) is 0. The van der Waals surface area contributed by atoms with Gasteiger partial charge in [0.1, 0.15) is 0 Å². The summed E-state index contributed by atoms with van der Waals surface area (Å²) in [5, 5.41) is 16.6. The quantitative estimate of drug-likeness (QED) is 0.609. The van der Waals surface area contributed by atoms with Crippen LogP contribution in [-0.2, 0) is 0 Å². The number of nitrogens with one attached hydrogen (secondary N) is 2. The average molecular weight is 355 g/mol. The normalized spacial score (nSPS) is 11.5. The molecule has 0 aromatic heterocycles. The summed E-state index contributed by atoms with van der Waals surface area (Å²) in [5.41, 5.74) is 1.18. The van der Waals surface area contributed by atoms with Crippen LogP contribution in [0.2, 0.25) is 0 Å². The minimum Gasteiger partial charge on any atom is -0.350 e. The van der Waals surface area contributed by atoms with Gasteiger partial charge in [-0.2, -0.15) is 0 Å². The largest absolute Gasteiger partial charge is 0.350 e. The van der Waals surface area contributed by atoms with E-state index >= 15 is 0 Å². The first kappa shape index (κ1) is 19.1. The van der Waals surface area contributed by atoms with E-state index in [1.165, 1.54) is 18.2 Å². The third-order valence-corrected chi connectivity index (χ3v) is 4.08. The molecule has 2 aromatic rings. The Bertz CT molecular complexity index is 848. The van der Waals surface area contributed by atoms with Gasteiger partial charge in [0.15, 0.2) is 0 Å². The summed E-state index contributed by atoms with van der Waals surface area (Å²) in [6.07, 6.45) is 0.785. The summed E-state index contributed by atoms with van der Waals surface area (Å²) >= 11 is 0. The molecule has 26 heavy (non-hydrogen) atoms. The molecule has 1 atom stereocenters. The molecule has 0 aliphatic heterocycles. The number of hydrogen-bond donors (Lipinski definition) is 2. The number of nitrogens with zero attached hydrogens (tertiary/aromatic N) is 1. The van der Waals surface area contributed by atoms with E-state index in [4.69, 9.17) is 0 Å². The van der Waals surface area contributed by atoms with Crippen molar-refractivity contribution in [2.75, 3.05) is 5.32 Å². The van der Waals surface area contributed by atoms with Crippen molar-refractivity contribution in [1.82, 2.24) is 5.32 Å². The van der Waals surface area contributed by atoms with Crippen molar-refractivity contribution >= 4 is 23.2 Å². The van der Waals surface area contributed by atoms with Crippen LogP contribution in [0.5, 0.6) is 0 Å². The summed E-state index contributed by atoms with van der Waals surface area (Å²) < 4.78 is 0. The molecule has 7 nitrogen and oxygen atoms in total. The van der Waals surface area contributed by atoms with Crippen LogP contribution >= 0.6 is 0 Å². The number of benzene rings is 2. The highest BCUT2D eigenvalue weighted by atomic mass is 16.6. The maximum Gasteiger partial charge on any atom is 0.273 e. The van der Waals surface area contributed by atoms with E-state index < -0.39 is 10.8 Å².